The molecular formula is C20H23NO6S. The highest BCUT2D eigenvalue weighted by Gasteiger charge is 2.37. The van der Waals surface area contributed by atoms with Gasteiger partial charge in [-0.25, -0.2) is 0 Å². The summed E-state index contributed by atoms with van der Waals surface area (Å²) in [7, 11) is 1.42. The van der Waals surface area contributed by atoms with Gasteiger partial charge in [0.15, 0.2) is 11.5 Å². The Hall–Kier alpha value is -2.74. The molecule has 0 unspecified atom stereocenters. The van der Waals surface area contributed by atoms with Gasteiger partial charge in [-0.2, -0.15) is 0 Å². The molecule has 1 aromatic rings. The van der Waals surface area contributed by atoms with Gasteiger partial charge in [0.1, 0.15) is 12.1 Å². The molecule has 1 heterocycles. The van der Waals surface area contributed by atoms with E-state index in [1.807, 2.05) is 0 Å². The van der Waals surface area contributed by atoms with E-state index in [4.69, 9.17) is 9.47 Å². The van der Waals surface area contributed by atoms with Crippen LogP contribution in [0.1, 0.15) is 31.9 Å². The number of nitrogens with zero attached hydrogens (tertiary/aromatic N) is 1. The molecule has 28 heavy (non-hydrogen) atoms. The minimum atomic E-state index is -0.709. The summed E-state index contributed by atoms with van der Waals surface area (Å²) in [6.45, 7) is 8.32. The van der Waals surface area contributed by atoms with Gasteiger partial charge in [0, 0.05) is 5.56 Å². The van der Waals surface area contributed by atoms with Crippen molar-refractivity contribution in [2.24, 2.45) is 0 Å². The second kappa shape index (κ2) is 8.52. The number of allylic oxidation sites excluding steroid dienone is 1. The summed E-state index contributed by atoms with van der Waals surface area (Å²) in [5.74, 6) is -0.982. The Bertz CT molecular complexity index is 853. The second-order valence-corrected chi connectivity index (χ2v) is 8.07. The zero-order valence-corrected chi connectivity index (χ0v) is 17.1. The molecule has 0 atom stereocenters. The van der Waals surface area contributed by atoms with Crippen LogP contribution in [0.5, 0.6) is 11.5 Å². The van der Waals surface area contributed by atoms with E-state index in [2.05, 4.69) is 6.58 Å². The lowest BCUT2D eigenvalue weighted by atomic mass is 10.1. The van der Waals surface area contributed by atoms with Gasteiger partial charge in [-0.15, -0.1) is 6.58 Å². The average molecular weight is 405 g/mol. The van der Waals surface area contributed by atoms with Crippen molar-refractivity contribution in [3.63, 3.8) is 0 Å². The molecule has 1 aliphatic heterocycles. The largest absolute Gasteiger partial charge is 0.504 e. The molecule has 1 aromatic carbocycles. The van der Waals surface area contributed by atoms with E-state index in [0.29, 0.717) is 17.5 Å². The summed E-state index contributed by atoms with van der Waals surface area (Å²) in [4.78, 5) is 37.7. The highest BCUT2D eigenvalue weighted by atomic mass is 32.2. The van der Waals surface area contributed by atoms with Crippen LogP contribution in [0.4, 0.5) is 4.79 Å². The molecule has 1 fully saturated rings. The van der Waals surface area contributed by atoms with Gasteiger partial charge in [0.05, 0.1) is 12.0 Å². The zero-order valence-electron chi connectivity index (χ0n) is 16.3. The zero-order chi connectivity index (χ0) is 21.1. The third-order valence-corrected chi connectivity index (χ3v) is 4.55. The maximum atomic E-state index is 12.6. The Labute approximate surface area is 168 Å². The number of thioether (sulfide) groups is 1. The summed E-state index contributed by atoms with van der Waals surface area (Å²) < 4.78 is 10.3. The lowest BCUT2D eigenvalue weighted by Gasteiger charge is -2.21. The van der Waals surface area contributed by atoms with E-state index in [0.717, 1.165) is 16.7 Å². The Morgan fingerprint density at radius 1 is 1.32 bits per heavy atom. The minimum Gasteiger partial charge on any atom is -0.504 e. The van der Waals surface area contributed by atoms with Crippen molar-refractivity contribution >= 4 is 35.0 Å². The SMILES string of the molecule is C=CCc1cc(/C=C2/SC(=O)N(CC(=O)OC(C)(C)C)C2=O)cc(OC)c1O. The van der Waals surface area contributed by atoms with Crippen molar-refractivity contribution in [3.8, 4) is 11.5 Å². The highest BCUT2D eigenvalue weighted by Crippen LogP contribution is 2.36. The van der Waals surface area contributed by atoms with Crippen LogP contribution in [0.15, 0.2) is 29.7 Å². The van der Waals surface area contributed by atoms with Crippen LogP contribution >= 0.6 is 11.8 Å². The van der Waals surface area contributed by atoms with E-state index in [9.17, 15) is 19.5 Å². The maximum absolute atomic E-state index is 12.6. The number of amides is 2. The first-order valence-corrected chi connectivity index (χ1v) is 9.35. The third kappa shape index (κ3) is 5.16. The van der Waals surface area contributed by atoms with E-state index in [-0.39, 0.29) is 16.4 Å². The topological polar surface area (TPSA) is 93.1 Å². The number of carbonyl (C=O) groups is 3. The van der Waals surface area contributed by atoms with Crippen molar-refractivity contribution in [1.29, 1.82) is 0 Å². The van der Waals surface area contributed by atoms with Crippen molar-refractivity contribution in [2.45, 2.75) is 32.8 Å². The van der Waals surface area contributed by atoms with Crippen LogP contribution in [-0.2, 0) is 20.7 Å². The first-order valence-electron chi connectivity index (χ1n) is 8.53. The van der Waals surface area contributed by atoms with Crippen LogP contribution in [0, 0.1) is 0 Å². The fourth-order valence-corrected chi connectivity index (χ4v) is 3.37. The number of phenolic OH excluding ortho intramolecular Hbond substituents is 1. The first-order chi connectivity index (χ1) is 13.1. The number of methoxy groups -OCH3 is 1. The summed E-state index contributed by atoms with van der Waals surface area (Å²) in [6, 6.07) is 3.24. The Morgan fingerprint density at radius 3 is 2.57 bits per heavy atom. The van der Waals surface area contributed by atoms with Gasteiger partial charge in [-0.1, -0.05) is 6.08 Å². The smallest absolute Gasteiger partial charge is 0.326 e. The monoisotopic (exact) mass is 405 g/mol. The fraction of sp³-hybridized carbons (Fsp3) is 0.350. The lowest BCUT2D eigenvalue weighted by Crippen LogP contribution is -2.37. The molecule has 2 amide bonds. The molecule has 2 rings (SSSR count). The molecule has 0 radical (unpaired) electrons. The first kappa shape index (κ1) is 21.6. The summed E-state index contributed by atoms with van der Waals surface area (Å²) in [5, 5.41) is 9.61. The predicted molar refractivity (Wildman–Crippen MR) is 107 cm³/mol. The lowest BCUT2D eigenvalue weighted by molar-refractivity contribution is -0.156. The normalized spacial score (nSPS) is 15.9. The van der Waals surface area contributed by atoms with E-state index < -0.39 is 29.3 Å². The van der Waals surface area contributed by atoms with Gasteiger partial charge < -0.3 is 14.6 Å². The average Bonchev–Trinajstić information content (AvgIpc) is 2.83. The van der Waals surface area contributed by atoms with Gasteiger partial charge in [0.2, 0.25) is 0 Å². The molecule has 1 aliphatic rings. The van der Waals surface area contributed by atoms with Crippen molar-refractivity contribution in [2.75, 3.05) is 13.7 Å². The number of imide groups is 1. The molecular weight excluding hydrogens is 382 g/mol. The number of esters is 1. The number of hydrogen-bond acceptors (Lipinski definition) is 7. The third-order valence-electron chi connectivity index (χ3n) is 3.64. The summed E-state index contributed by atoms with van der Waals surface area (Å²) >= 11 is 0.741. The van der Waals surface area contributed by atoms with E-state index in [1.165, 1.54) is 13.2 Å². The Morgan fingerprint density at radius 2 is 2.00 bits per heavy atom. The number of phenols is 1. The van der Waals surface area contributed by atoms with E-state index >= 15 is 0 Å². The van der Waals surface area contributed by atoms with Crippen molar-refractivity contribution in [3.05, 3.63) is 40.8 Å². The van der Waals surface area contributed by atoms with E-state index in [1.54, 1.807) is 39.0 Å². The summed E-state index contributed by atoms with van der Waals surface area (Å²) in [6.07, 6.45) is 3.56. The number of rotatable bonds is 6. The minimum absolute atomic E-state index is 0.00224. The predicted octanol–water partition coefficient (Wildman–Crippen LogP) is 3.51. The number of aromatic hydroxyl groups is 1. The molecule has 8 heteroatoms. The molecule has 1 N–H and O–H groups in total. The molecule has 0 aromatic heterocycles. The number of benzene rings is 1. The van der Waals surface area contributed by atoms with Gasteiger partial charge >= 0.3 is 5.97 Å². The van der Waals surface area contributed by atoms with Crippen molar-refractivity contribution < 1.29 is 29.0 Å². The van der Waals surface area contributed by atoms with Crippen LogP contribution in [0.3, 0.4) is 0 Å². The molecule has 1 saturated heterocycles. The number of hydrogen-bond donors (Lipinski definition) is 1. The molecule has 0 spiro atoms. The molecule has 0 aliphatic carbocycles. The Kier molecular flexibility index (Phi) is 6.56. The fourth-order valence-electron chi connectivity index (χ4n) is 2.53. The van der Waals surface area contributed by atoms with Crippen LogP contribution < -0.4 is 4.74 Å². The highest BCUT2D eigenvalue weighted by molar-refractivity contribution is 8.18. The van der Waals surface area contributed by atoms with Crippen molar-refractivity contribution in [1.82, 2.24) is 4.90 Å². The van der Waals surface area contributed by atoms with Crippen LogP contribution in [0.2, 0.25) is 0 Å². The molecule has 150 valence electrons. The standard InChI is InChI=1S/C20H23NO6S/c1-6-7-13-8-12(9-14(26-5)17(13)23)10-15-18(24)21(19(25)28-15)11-16(22)27-20(2,3)4/h6,8-10,23H,1,7,11H2,2-5H3/b15-10+. The van der Waals surface area contributed by atoms with Crippen LogP contribution in [0.25, 0.3) is 6.08 Å². The number of ether oxygens (including phenoxy) is 2. The van der Waals surface area contributed by atoms with Crippen LogP contribution in [-0.4, -0.2) is 46.4 Å². The maximum Gasteiger partial charge on any atom is 0.326 e. The quantitative estimate of drug-likeness (QED) is 0.440. The summed E-state index contributed by atoms with van der Waals surface area (Å²) in [5.41, 5.74) is 0.446. The van der Waals surface area contributed by atoms with Gasteiger partial charge in [0.25, 0.3) is 11.1 Å². The second-order valence-electron chi connectivity index (χ2n) is 7.08. The van der Waals surface area contributed by atoms with Gasteiger partial charge in [-0.3, -0.25) is 19.3 Å². The molecule has 7 nitrogen and oxygen atoms in total. The molecule has 0 saturated carbocycles. The number of carbonyl (C=O) groups excluding carboxylic acids is 3. The molecule has 0 bridgehead atoms. The van der Waals surface area contributed by atoms with Gasteiger partial charge in [-0.05, 0) is 62.7 Å². The Balaban J connectivity index is 2.27.